The number of benzene rings is 2. The summed E-state index contributed by atoms with van der Waals surface area (Å²) in [6.45, 7) is 3.73. The van der Waals surface area contributed by atoms with Crippen molar-refractivity contribution in [3.05, 3.63) is 99.2 Å². The van der Waals surface area contributed by atoms with E-state index in [9.17, 15) is 9.59 Å². The highest BCUT2D eigenvalue weighted by Crippen LogP contribution is 2.42. The van der Waals surface area contributed by atoms with Gasteiger partial charge in [-0.2, -0.15) is 0 Å². The van der Waals surface area contributed by atoms with Gasteiger partial charge in [-0.15, -0.1) is 0 Å². The van der Waals surface area contributed by atoms with E-state index in [1.807, 2.05) is 6.07 Å². The predicted molar refractivity (Wildman–Crippen MR) is 135 cm³/mol. The summed E-state index contributed by atoms with van der Waals surface area (Å²) in [5.41, 5.74) is 2.93. The van der Waals surface area contributed by atoms with Crippen LogP contribution in [0.2, 0.25) is 10.0 Å². The molecule has 2 heterocycles. The molecular formula is C23H21BrCl2N4O4. The molecule has 0 unspecified atom stereocenters. The van der Waals surface area contributed by atoms with Gasteiger partial charge in [0.05, 0.1) is 22.7 Å². The number of nitrogens with one attached hydrogen (secondary N) is 4. The monoisotopic (exact) mass is 566 g/mol. The molecular weight excluding hydrogens is 547 g/mol. The minimum absolute atomic E-state index is 0.181. The zero-order valence-corrected chi connectivity index (χ0v) is 21.5. The molecule has 0 atom stereocenters. The number of aromatic nitrogens is 4. The van der Waals surface area contributed by atoms with E-state index in [1.165, 1.54) is 7.11 Å². The highest BCUT2D eigenvalue weighted by atomic mass is 79.9. The molecule has 0 spiro atoms. The zero-order valence-electron chi connectivity index (χ0n) is 18.4. The van der Waals surface area contributed by atoms with Crippen molar-refractivity contribution in [1.82, 2.24) is 20.4 Å². The highest BCUT2D eigenvalue weighted by molar-refractivity contribution is 9.10. The Morgan fingerprint density at radius 1 is 0.941 bits per heavy atom. The Bertz CT molecular complexity index is 1420. The normalized spacial score (nSPS) is 11.3. The van der Waals surface area contributed by atoms with Crippen molar-refractivity contribution in [3.8, 4) is 11.5 Å². The van der Waals surface area contributed by atoms with E-state index in [4.69, 9.17) is 32.7 Å². The SMILES string of the molecule is COc1cc(C(c2c(C)[nH][nH]c2=O)c2c(C)[nH][nH]c2=O)cc(Br)c1OCc1ccc(Cl)cc1Cl. The Morgan fingerprint density at radius 2 is 1.56 bits per heavy atom. The summed E-state index contributed by atoms with van der Waals surface area (Å²) in [4.78, 5) is 25.4. The fraction of sp³-hybridized carbons (Fsp3) is 0.217. The van der Waals surface area contributed by atoms with Gasteiger partial charge in [0, 0.05) is 32.9 Å². The van der Waals surface area contributed by atoms with Crippen LogP contribution in [0.1, 0.15) is 39.6 Å². The van der Waals surface area contributed by atoms with Crippen LogP contribution in [-0.4, -0.2) is 27.5 Å². The third kappa shape index (κ3) is 4.55. The first kappa shape index (κ1) is 24.3. The molecule has 0 aliphatic heterocycles. The summed E-state index contributed by atoms with van der Waals surface area (Å²) in [5, 5.41) is 11.9. The Morgan fingerprint density at radius 3 is 2.06 bits per heavy atom. The molecule has 0 radical (unpaired) electrons. The number of halogens is 3. The van der Waals surface area contributed by atoms with Crippen molar-refractivity contribution in [2.75, 3.05) is 7.11 Å². The number of ether oxygens (including phenoxy) is 2. The van der Waals surface area contributed by atoms with Crippen LogP contribution in [-0.2, 0) is 6.61 Å². The Labute approximate surface area is 212 Å². The summed E-state index contributed by atoms with van der Waals surface area (Å²) < 4.78 is 12.2. The van der Waals surface area contributed by atoms with E-state index >= 15 is 0 Å². The first-order valence-electron chi connectivity index (χ1n) is 10.2. The molecule has 34 heavy (non-hydrogen) atoms. The van der Waals surface area contributed by atoms with Crippen LogP contribution in [0.15, 0.2) is 44.4 Å². The lowest BCUT2D eigenvalue weighted by Gasteiger charge is -2.20. The second-order valence-electron chi connectivity index (χ2n) is 7.73. The fourth-order valence-corrected chi connectivity index (χ4v) is 4.96. The largest absolute Gasteiger partial charge is 0.493 e. The molecule has 8 nitrogen and oxygen atoms in total. The molecule has 0 amide bonds. The fourth-order valence-electron chi connectivity index (χ4n) is 3.92. The third-order valence-corrected chi connectivity index (χ3v) is 6.75. The van der Waals surface area contributed by atoms with Gasteiger partial charge in [0.1, 0.15) is 6.61 Å². The quantitative estimate of drug-likeness (QED) is 0.246. The Balaban J connectivity index is 1.80. The van der Waals surface area contributed by atoms with Gasteiger partial charge in [-0.3, -0.25) is 19.8 Å². The number of aromatic amines is 4. The second kappa shape index (κ2) is 9.77. The maximum absolute atomic E-state index is 12.7. The standard InChI is InChI=1S/C23H21BrCl2N4O4/c1-10-18(22(31)29-27-10)20(19-11(2)28-30-23(19)32)13-6-15(24)21(17(7-13)33-3)34-9-12-4-5-14(25)8-16(12)26/h4-8,20H,9H2,1-3H3,(H2,27,29,31)(H2,28,30,32). The van der Waals surface area contributed by atoms with E-state index in [0.29, 0.717) is 54.1 Å². The van der Waals surface area contributed by atoms with Crippen LogP contribution in [0.3, 0.4) is 0 Å². The molecule has 178 valence electrons. The first-order chi connectivity index (χ1) is 16.2. The van der Waals surface area contributed by atoms with E-state index in [-0.39, 0.29) is 17.7 Å². The van der Waals surface area contributed by atoms with Crippen LogP contribution in [0, 0.1) is 13.8 Å². The topological polar surface area (TPSA) is 116 Å². The molecule has 0 saturated carbocycles. The van der Waals surface area contributed by atoms with Crippen molar-refractivity contribution in [2.24, 2.45) is 0 Å². The van der Waals surface area contributed by atoms with Crippen molar-refractivity contribution in [3.63, 3.8) is 0 Å². The van der Waals surface area contributed by atoms with Gasteiger partial charge < -0.3 is 19.7 Å². The summed E-state index contributed by atoms with van der Waals surface area (Å²) in [5.74, 6) is 0.221. The number of hydrogen-bond donors (Lipinski definition) is 4. The summed E-state index contributed by atoms with van der Waals surface area (Å²) in [7, 11) is 1.52. The lowest BCUT2D eigenvalue weighted by atomic mass is 9.85. The molecule has 0 saturated heterocycles. The van der Waals surface area contributed by atoms with E-state index in [2.05, 4.69) is 36.3 Å². The van der Waals surface area contributed by atoms with E-state index in [0.717, 1.165) is 5.56 Å². The predicted octanol–water partition coefficient (Wildman–Crippen LogP) is 5.17. The number of rotatable bonds is 7. The molecule has 0 fully saturated rings. The zero-order chi connectivity index (χ0) is 24.6. The molecule has 4 aromatic rings. The van der Waals surface area contributed by atoms with Gasteiger partial charge >= 0.3 is 0 Å². The summed E-state index contributed by atoms with van der Waals surface area (Å²) in [6, 6.07) is 8.74. The van der Waals surface area contributed by atoms with Gasteiger partial charge in [-0.1, -0.05) is 29.3 Å². The minimum Gasteiger partial charge on any atom is -0.493 e. The molecule has 0 aliphatic carbocycles. The third-order valence-electron chi connectivity index (χ3n) is 5.57. The van der Waals surface area contributed by atoms with Gasteiger partial charge in [0.2, 0.25) is 0 Å². The van der Waals surface area contributed by atoms with Crippen LogP contribution in [0.5, 0.6) is 11.5 Å². The number of hydrogen-bond acceptors (Lipinski definition) is 4. The summed E-state index contributed by atoms with van der Waals surface area (Å²) in [6.07, 6.45) is 0. The lowest BCUT2D eigenvalue weighted by Crippen LogP contribution is -2.20. The number of aryl methyl sites for hydroxylation is 2. The lowest BCUT2D eigenvalue weighted by molar-refractivity contribution is 0.282. The Hall–Kier alpha value is -2.88. The van der Waals surface area contributed by atoms with Gasteiger partial charge in [-0.05, 0) is 59.6 Å². The van der Waals surface area contributed by atoms with E-state index in [1.54, 1.807) is 38.1 Å². The van der Waals surface area contributed by atoms with Gasteiger partial charge in [-0.25, -0.2) is 0 Å². The van der Waals surface area contributed by atoms with Crippen molar-refractivity contribution < 1.29 is 9.47 Å². The van der Waals surface area contributed by atoms with Crippen LogP contribution >= 0.6 is 39.1 Å². The van der Waals surface area contributed by atoms with Crippen LogP contribution < -0.4 is 20.6 Å². The molecule has 0 bridgehead atoms. The Kier molecular flexibility index (Phi) is 6.97. The second-order valence-corrected chi connectivity index (χ2v) is 9.43. The highest BCUT2D eigenvalue weighted by Gasteiger charge is 2.29. The average molecular weight is 568 g/mol. The smallest absolute Gasteiger partial charge is 0.268 e. The number of methoxy groups -OCH3 is 1. The minimum atomic E-state index is -0.657. The number of H-pyrrole nitrogens is 4. The van der Waals surface area contributed by atoms with Gasteiger partial charge in [0.15, 0.2) is 11.5 Å². The van der Waals surface area contributed by atoms with Crippen LogP contribution in [0.25, 0.3) is 0 Å². The van der Waals surface area contributed by atoms with Gasteiger partial charge in [0.25, 0.3) is 11.1 Å². The van der Waals surface area contributed by atoms with Crippen molar-refractivity contribution in [1.29, 1.82) is 0 Å². The van der Waals surface area contributed by atoms with Crippen molar-refractivity contribution in [2.45, 2.75) is 26.4 Å². The summed E-state index contributed by atoms with van der Waals surface area (Å²) >= 11 is 15.8. The molecule has 2 aromatic carbocycles. The first-order valence-corrected chi connectivity index (χ1v) is 11.7. The van der Waals surface area contributed by atoms with E-state index < -0.39 is 5.92 Å². The molecule has 2 aromatic heterocycles. The molecule has 11 heteroatoms. The molecule has 4 rings (SSSR count). The average Bonchev–Trinajstić information content (AvgIpc) is 3.30. The van der Waals surface area contributed by atoms with Crippen LogP contribution in [0.4, 0.5) is 0 Å². The van der Waals surface area contributed by atoms with Crippen molar-refractivity contribution >= 4 is 39.1 Å². The molecule has 4 N–H and O–H groups in total. The maximum atomic E-state index is 12.7. The molecule has 0 aliphatic rings. The maximum Gasteiger partial charge on any atom is 0.268 e.